The van der Waals surface area contributed by atoms with E-state index >= 15 is 0 Å². The summed E-state index contributed by atoms with van der Waals surface area (Å²) in [5.41, 5.74) is 1.20. The van der Waals surface area contributed by atoms with Crippen molar-refractivity contribution in [3.8, 4) is 0 Å². The zero-order valence-corrected chi connectivity index (χ0v) is 15.5. The summed E-state index contributed by atoms with van der Waals surface area (Å²) in [5.74, 6) is 2.11. The lowest BCUT2D eigenvalue weighted by molar-refractivity contribution is 0.0852. The Bertz CT molecular complexity index is 379. The Morgan fingerprint density at radius 2 is 1.65 bits per heavy atom. The summed E-state index contributed by atoms with van der Waals surface area (Å²) in [7, 11) is 0. The maximum absolute atomic E-state index is 14.6. The first kappa shape index (κ1) is 18.9. The maximum Gasteiger partial charge on any atom is 0.138 e. The van der Waals surface area contributed by atoms with Gasteiger partial charge >= 0.3 is 0 Å². The number of alkyl halides is 2. The number of allylic oxidation sites excluding steroid dienone is 2. The molecule has 4 atom stereocenters. The van der Waals surface area contributed by atoms with Crippen LogP contribution < -0.4 is 0 Å². The second-order valence-corrected chi connectivity index (χ2v) is 8.48. The Labute approximate surface area is 142 Å². The van der Waals surface area contributed by atoms with Crippen LogP contribution in [-0.2, 0) is 0 Å². The molecule has 134 valence electrons. The molecule has 0 amide bonds. The highest BCUT2D eigenvalue weighted by Gasteiger charge is 2.35. The van der Waals surface area contributed by atoms with Crippen molar-refractivity contribution in [1.29, 1.82) is 0 Å². The van der Waals surface area contributed by atoms with Gasteiger partial charge in [0.25, 0.3) is 0 Å². The smallest absolute Gasteiger partial charge is 0.138 e. The van der Waals surface area contributed by atoms with Gasteiger partial charge in [0.2, 0.25) is 0 Å². The van der Waals surface area contributed by atoms with Crippen molar-refractivity contribution in [2.75, 3.05) is 0 Å². The summed E-state index contributed by atoms with van der Waals surface area (Å²) < 4.78 is 28.7. The lowest BCUT2D eigenvalue weighted by Crippen LogP contribution is -2.32. The number of rotatable bonds is 6. The van der Waals surface area contributed by atoms with Gasteiger partial charge in [0.15, 0.2) is 0 Å². The molecule has 4 unspecified atom stereocenters. The molecule has 2 aliphatic carbocycles. The van der Waals surface area contributed by atoms with E-state index in [9.17, 15) is 8.78 Å². The Balaban J connectivity index is 1.93. The highest BCUT2D eigenvalue weighted by Crippen LogP contribution is 2.42. The summed E-state index contributed by atoms with van der Waals surface area (Å²) in [6.07, 6.45) is 9.08. The van der Waals surface area contributed by atoms with E-state index in [2.05, 4.69) is 13.0 Å². The molecule has 0 nitrogen and oxygen atoms in total. The summed E-state index contributed by atoms with van der Waals surface area (Å²) >= 11 is 0. The molecular formula is C21H36F2. The second-order valence-electron chi connectivity index (χ2n) is 8.48. The van der Waals surface area contributed by atoms with E-state index in [0.717, 1.165) is 30.6 Å². The van der Waals surface area contributed by atoms with Crippen LogP contribution in [0.25, 0.3) is 0 Å². The van der Waals surface area contributed by atoms with Gasteiger partial charge in [0, 0.05) is 5.92 Å². The van der Waals surface area contributed by atoms with E-state index < -0.39 is 12.3 Å². The molecule has 0 radical (unpaired) electrons. The van der Waals surface area contributed by atoms with Crippen molar-refractivity contribution in [3.05, 3.63) is 11.6 Å². The highest BCUT2D eigenvalue weighted by molar-refractivity contribution is 5.13. The fourth-order valence-electron chi connectivity index (χ4n) is 4.68. The summed E-state index contributed by atoms with van der Waals surface area (Å²) in [5, 5.41) is 0. The van der Waals surface area contributed by atoms with E-state index in [1.807, 2.05) is 6.92 Å². The third-order valence-electron chi connectivity index (χ3n) is 6.46. The summed E-state index contributed by atoms with van der Waals surface area (Å²) in [4.78, 5) is 0. The summed E-state index contributed by atoms with van der Waals surface area (Å²) in [6, 6.07) is 0. The van der Waals surface area contributed by atoms with Gasteiger partial charge in [0.05, 0.1) is 0 Å². The minimum atomic E-state index is -1.33. The van der Waals surface area contributed by atoms with Gasteiger partial charge in [-0.1, -0.05) is 52.2 Å². The van der Waals surface area contributed by atoms with Gasteiger partial charge in [-0.2, -0.15) is 0 Å². The van der Waals surface area contributed by atoms with Crippen LogP contribution in [-0.4, -0.2) is 12.3 Å². The molecule has 0 aromatic rings. The van der Waals surface area contributed by atoms with Crippen LogP contribution in [0.4, 0.5) is 8.78 Å². The molecule has 2 rings (SSSR count). The van der Waals surface area contributed by atoms with Crippen LogP contribution in [0.1, 0.15) is 79.1 Å². The minimum Gasteiger partial charge on any atom is -0.244 e. The third-order valence-corrected chi connectivity index (χ3v) is 6.46. The van der Waals surface area contributed by atoms with Gasteiger partial charge in [-0.3, -0.25) is 0 Å². The summed E-state index contributed by atoms with van der Waals surface area (Å²) in [6.45, 7) is 7.92. The van der Waals surface area contributed by atoms with E-state index in [1.165, 1.54) is 37.7 Å². The topological polar surface area (TPSA) is 0 Å². The molecule has 0 saturated heterocycles. The van der Waals surface area contributed by atoms with Crippen LogP contribution in [0.2, 0.25) is 0 Å². The maximum atomic E-state index is 14.6. The fourth-order valence-corrected chi connectivity index (χ4v) is 4.68. The molecule has 0 aliphatic heterocycles. The van der Waals surface area contributed by atoms with E-state index in [-0.39, 0.29) is 11.8 Å². The molecule has 0 N–H and O–H groups in total. The Kier molecular flexibility index (Phi) is 7.10. The number of hydrogen-bond donors (Lipinski definition) is 0. The molecule has 0 heterocycles. The van der Waals surface area contributed by atoms with Crippen molar-refractivity contribution < 1.29 is 8.78 Å². The lowest BCUT2D eigenvalue weighted by atomic mass is 9.70. The van der Waals surface area contributed by atoms with Gasteiger partial charge in [-0.05, 0) is 62.2 Å². The molecule has 1 saturated carbocycles. The van der Waals surface area contributed by atoms with Crippen molar-refractivity contribution >= 4 is 0 Å². The number of hydrogen-bond acceptors (Lipinski definition) is 0. The van der Waals surface area contributed by atoms with Crippen molar-refractivity contribution in [1.82, 2.24) is 0 Å². The Morgan fingerprint density at radius 1 is 1.00 bits per heavy atom. The van der Waals surface area contributed by atoms with Crippen LogP contribution in [0.15, 0.2) is 11.6 Å². The van der Waals surface area contributed by atoms with Crippen LogP contribution in [0.3, 0.4) is 0 Å². The lowest BCUT2D eigenvalue weighted by Gasteiger charge is -2.36. The molecule has 2 heteroatoms. The second kappa shape index (κ2) is 8.62. The Morgan fingerprint density at radius 3 is 2.13 bits per heavy atom. The molecule has 2 aliphatic rings. The van der Waals surface area contributed by atoms with E-state index in [1.54, 1.807) is 13.8 Å². The zero-order valence-electron chi connectivity index (χ0n) is 15.5. The molecule has 0 bridgehead atoms. The SMILES string of the molecule is CCC(C1=CCC(C2CCC(C)CC2)CC1)C(F)C(F)C(C)C. The molecule has 0 aromatic heterocycles. The standard InChI is InChI=1S/C21H36F2/c1-5-19(21(23)20(22)14(2)3)18-12-10-17(11-13-18)16-8-6-15(4)7-9-16/h12,14-17,19-21H,5-11,13H2,1-4H3. The highest BCUT2D eigenvalue weighted by atomic mass is 19.2. The minimum absolute atomic E-state index is 0.209. The van der Waals surface area contributed by atoms with Gasteiger partial charge in [-0.15, -0.1) is 0 Å². The first-order valence-corrected chi connectivity index (χ1v) is 9.91. The van der Waals surface area contributed by atoms with Crippen LogP contribution >= 0.6 is 0 Å². The monoisotopic (exact) mass is 326 g/mol. The zero-order chi connectivity index (χ0) is 17.0. The molecule has 0 aromatic carbocycles. The molecule has 0 spiro atoms. The first-order chi connectivity index (χ1) is 10.9. The molecular weight excluding hydrogens is 290 g/mol. The van der Waals surface area contributed by atoms with E-state index in [4.69, 9.17) is 0 Å². The molecule has 23 heavy (non-hydrogen) atoms. The van der Waals surface area contributed by atoms with Crippen molar-refractivity contribution in [3.63, 3.8) is 0 Å². The average Bonchev–Trinajstić information content (AvgIpc) is 2.56. The van der Waals surface area contributed by atoms with Crippen LogP contribution in [0.5, 0.6) is 0 Å². The molecule has 1 fully saturated rings. The Hall–Kier alpha value is -0.400. The van der Waals surface area contributed by atoms with Gasteiger partial charge < -0.3 is 0 Å². The predicted molar refractivity (Wildman–Crippen MR) is 95.0 cm³/mol. The van der Waals surface area contributed by atoms with Crippen molar-refractivity contribution in [2.24, 2.45) is 29.6 Å². The largest absolute Gasteiger partial charge is 0.244 e. The third kappa shape index (κ3) is 4.79. The van der Waals surface area contributed by atoms with Gasteiger partial charge in [-0.25, -0.2) is 8.78 Å². The van der Waals surface area contributed by atoms with E-state index in [0.29, 0.717) is 6.42 Å². The quantitative estimate of drug-likeness (QED) is 0.466. The fraction of sp³-hybridized carbons (Fsp3) is 0.905. The van der Waals surface area contributed by atoms with Crippen molar-refractivity contribution in [2.45, 2.75) is 91.4 Å². The van der Waals surface area contributed by atoms with Crippen LogP contribution in [0, 0.1) is 29.6 Å². The number of halogens is 2. The normalized spacial score (nSPS) is 33.2. The average molecular weight is 327 g/mol. The first-order valence-electron chi connectivity index (χ1n) is 9.91. The predicted octanol–water partition coefficient (Wildman–Crippen LogP) is 6.90. The van der Waals surface area contributed by atoms with Gasteiger partial charge in [0.1, 0.15) is 12.3 Å².